The van der Waals surface area contributed by atoms with Gasteiger partial charge in [-0.25, -0.2) is 4.98 Å². The van der Waals surface area contributed by atoms with Gasteiger partial charge >= 0.3 is 0 Å². The van der Waals surface area contributed by atoms with E-state index in [0.29, 0.717) is 0 Å². The number of aromatic nitrogens is 2. The first kappa shape index (κ1) is 11.0. The maximum absolute atomic E-state index is 4.51. The van der Waals surface area contributed by atoms with Crippen LogP contribution in [0.5, 0.6) is 0 Å². The number of aryl methyl sites for hydroxylation is 1. The van der Waals surface area contributed by atoms with Crippen LogP contribution in [0.1, 0.15) is 26.3 Å². The molecule has 0 saturated carbocycles. The number of anilines is 1. The highest BCUT2D eigenvalue weighted by atomic mass is 15.2. The molecule has 16 heavy (non-hydrogen) atoms. The molecule has 1 heterocycles. The van der Waals surface area contributed by atoms with E-state index in [1.165, 1.54) is 11.1 Å². The predicted octanol–water partition coefficient (Wildman–Crippen LogP) is 2.91. The van der Waals surface area contributed by atoms with Crippen molar-refractivity contribution in [3.63, 3.8) is 0 Å². The van der Waals surface area contributed by atoms with Gasteiger partial charge in [-0.05, 0) is 23.1 Å². The Balaban J connectivity index is 2.66. The molecule has 1 aromatic carbocycles. The highest BCUT2D eigenvalue weighted by Gasteiger charge is 2.15. The van der Waals surface area contributed by atoms with Crippen LogP contribution in [0.4, 0.5) is 5.95 Å². The lowest BCUT2D eigenvalue weighted by Crippen LogP contribution is -2.10. The fourth-order valence-electron chi connectivity index (χ4n) is 1.88. The van der Waals surface area contributed by atoms with Gasteiger partial charge in [0.05, 0.1) is 11.0 Å². The largest absolute Gasteiger partial charge is 0.359 e. The number of fused-ring (bicyclic) bond motifs is 1. The molecule has 3 nitrogen and oxygen atoms in total. The van der Waals surface area contributed by atoms with Gasteiger partial charge in [-0.1, -0.05) is 26.8 Å². The minimum atomic E-state index is 0.179. The van der Waals surface area contributed by atoms with Crippen molar-refractivity contribution in [2.24, 2.45) is 7.05 Å². The third kappa shape index (κ3) is 1.66. The van der Waals surface area contributed by atoms with Gasteiger partial charge in [0.25, 0.3) is 0 Å². The van der Waals surface area contributed by atoms with Crippen molar-refractivity contribution in [2.45, 2.75) is 26.2 Å². The van der Waals surface area contributed by atoms with Gasteiger partial charge in [-0.15, -0.1) is 0 Å². The van der Waals surface area contributed by atoms with Crippen molar-refractivity contribution >= 4 is 17.0 Å². The quantitative estimate of drug-likeness (QED) is 0.796. The molecule has 0 spiro atoms. The summed E-state index contributed by atoms with van der Waals surface area (Å²) in [6.07, 6.45) is 0. The van der Waals surface area contributed by atoms with Crippen LogP contribution in [0.2, 0.25) is 0 Å². The van der Waals surface area contributed by atoms with Crippen LogP contribution in [0, 0.1) is 0 Å². The minimum absolute atomic E-state index is 0.179. The summed E-state index contributed by atoms with van der Waals surface area (Å²) in [5.74, 6) is 0.904. The molecule has 1 N–H and O–H groups in total. The van der Waals surface area contributed by atoms with E-state index in [1.807, 2.05) is 14.1 Å². The molecule has 0 unspecified atom stereocenters. The van der Waals surface area contributed by atoms with Crippen LogP contribution < -0.4 is 5.32 Å². The van der Waals surface area contributed by atoms with Gasteiger partial charge in [-0.2, -0.15) is 0 Å². The maximum Gasteiger partial charge on any atom is 0.203 e. The summed E-state index contributed by atoms with van der Waals surface area (Å²) in [7, 11) is 3.93. The van der Waals surface area contributed by atoms with Crippen LogP contribution >= 0.6 is 0 Å². The van der Waals surface area contributed by atoms with E-state index in [2.05, 4.69) is 53.8 Å². The van der Waals surface area contributed by atoms with Crippen molar-refractivity contribution in [1.29, 1.82) is 0 Å². The fraction of sp³-hybridized carbons (Fsp3) is 0.462. The third-order valence-corrected chi connectivity index (χ3v) is 2.97. The molecule has 0 fully saturated rings. The number of hydrogen-bond acceptors (Lipinski definition) is 2. The van der Waals surface area contributed by atoms with E-state index >= 15 is 0 Å². The standard InChI is InChI=1S/C13H19N3/c1-13(2,3)9-6-7-10-11(8-9)16(5)12(14-4)15-10/h6-8H,1-5H3,(H,14,15). The van der Waals surface area contributed by atoms with Crippen molar-refractivity contribution in [3.05, 3.63) is 23.8 Å². The zero-order valence-corrected chi connectivity index (χ0v) is 10.6. The van der Waals surface area contributed by atoms with Crippen LogP contribution in [-0.2, 0) is 12.5 Å². The van der Waals surface area contributed by atoms with Crippen LogP contribution in [0.25, 0.3) is 11.0 Å². The molecule has 0 aliphatic heterocycles. The van der Waals surface area contributed by atoms with E-state index in [4.69, 9.17) is 0 Å². The molecule has 0 saturated heterocycles. The van der Waals surface area contributed by atoms with E-state index < -0.39 is 0 Å². The lowest BCUT2D eigenvalue weighted by Gasteiger charge is -2.18. The summed E-state index contributed by atoms with van der Waals surface area (Å²) < 4.78 is 2.09. The third-order valence-electron chi connectivity index (χ3n) is 2.97. The van der Waals surface area contributed by atoms with Crippen molar-refractivity contribution in [3.8, 4) is 0 Å². The second kappa shape index (κ2) is 3.51. The average molecular weight is 217 g/mol. The van der Waals surface area contributed by atoms with Gasteiger partial charge in [0, 0.05) is 14.1 Å². The Morgan fingerprint density at radius 3 is 2.50 bits per heavy atom. The molecule has 0 atom stereocenters. The first-order valence-electron chi connectivity index (χ1n) is 5.58. The molecule has 0 aliphatic rings. The summed E-state index contributed by atoms with van der Waals surface area (Å²) in [4.78, 5) is 4.51. The van der Waals surface area contributed by atoms with Crippen molar-refractivity contribution in [1.82, 2.24) is 9.55 Å². The monoisotopic (exact) mass is 217 g/mol. The van der Waals surface area contributed by atoms with Crippen molar-refractivity contribution < 1.29 is 0 Å². The zero-order valence-electron chi connectivity index (χ0n) is 10.6. The average Bonchev–Trinajstić information content (AvgIpc) is 2.54. The van der Waals surface area contributed by atoms with Crippen LogP contribution in [0.15, 0.2) is 18.2 Å². The summed E-state index contributed by atoms with van der Waals surface area (Å²) in [6.45, 7) is 6.68. The second-order valence-electron chi connectivity index (χ2n) is 5.20. The maximum atomic E-state index is 4.51. The lowest BCUT2D eigenvalue weighted by molar-refractivity contribution is 0.591. The molecule has 0 amide bonds. The predicted molar refractivity (Wildman–Crippen MR) is 69.0 cm³/mol. The SMILES string of the molecule is CNc1nc2ccc(C(C)(C)C)cc2n1C. The normalized spacial score (nSPS) is 12.1. The van der Waals surface area contributed by atoms with Gasteiger partial charge in [0.2, 0.25) is 5.95 Å². The molecular weight excluding hydrogens is 198 g/mol. The molecule has 86 valence electrons. The highest BCUT2D eigenvalue weighted by Crippen LogP contribution is 2.26. The summed E-state index contributed by atoms with van der Waals surface area (Å²) in [5.41, 5.74) is 3.74. The Bertz CT molecular complexity index is 518. The summed E-state index contributed by atoms with van der Waals surface area (Å²) in [6, 6.07) is 6.48. The van der Waals surface area contributed by atoms with Gasteiger partial charge < -0.3 is 9.88 Å². The molecule has 1 aromatic heterocycles. The highest BCUT2D eigenvalue weighted by molar-refractivity contribution is 5.79. The fourth-order valence-corrected chi connectivity index (χ4v) is 1.88. The molecule has 0 bridgehead atoms. The molecule has 3 heteroatoms. The second-order valence-corrected chi connectivity index (χ2v) is 5.20. The molecule has 0 aliphatic carbocycles. The Hall–Kier alpha value is -1.51. The Kier molecular flexibility index (Phi) is 2.41. The number of nitrogens with one attached hydrogen (secondary N) is 1. The summed E-state index contributed by atoms with van der Waals surface area (Å²) in [5, 5.41) is 3.09. The molecular formula is C13H19N3. The summed E-state index contributed by atoms with van der Waals surface area (Å²) >= 11 is 0. The van der Waals surface area contributed by atoms with Crippen molar-refractivity contribution in [2.75, 3.05) is 12.4 Å². The van der Waals surface area contributed by atoms with E-state index in [1.54, 1.807) is 0 Å². The smallest absolute Gasteiger partial charge is 0.203 e. The Morgan fingerprint density at radius 2 is 1.94 bits per heavy atom. The van der Waals surface area contributed by atoms with Gasteiger partial charge in [0.1, 0.15) is 0 Å². The Labute approximate surface area is 96.5 Å². The molecule has 0 radical (unpaired) electrons. The Morgan fingerprint density at radius 1 is 1.25 bits per heavy atom. The number of imidazole rings is 1. The zero-order chi connectivity index (χ0) is 11.9. The van der Waals surface area contributed by atoms with Crippen LogP contribution in [-0.4, -0.2) is 16.6 Å². The van der Waals surface area contributed by atoms with Gasteiger partial charge in [0.15, 0.2) is 0 Å². The van der Waals surface area contributed by atoms with E-state index in [9.17, 15) is 0 Å². The minimum Gasteiger partial charge on any atom is -0.359 e. The first-order valence-corrected chi connectivity index (χ1v) is 5.58. The molecule has 2 aromatic rings. The number of benzene rings is 1. The van der Waals surface area contributed by atoms with E-state index in [-0.39, 0.29) is 5.41 Å². The molecule has 2 rings (SSSR count). The first-order chi connectivity index (χ1) is 7.43. The van der Waals surface area contributed by atoms with E-state index in [0.717, 1.165) is 11.5 Å². The van der Waals surface area contributed by atoms with Crippen LogP contribution in [0.3, 0.4) is 0 Å². The number of nitrogens with zero attached hydrogens (tertiary/aromatic N) is 2. The lowest BCUT2D eigenvalue weighted by atomic mass is 9.87. The topological polar surface area (TPSA) is 29.9 Å². The number of rotatable bonds is 1. The number of hydrogen-bond donors (Lipinski definition) is 1. The van der Waals surface area contributed by atoms with Gasteiger partial charge in [-0.3, -0.25) is 0 Å².